The van der Waals surface area contributed by atoms with Gasteiger partial charge < -0.3 is 4.90 Å². The van der Waals surface area contributed by atoms with E-state index in [1.165, 1.54) is 16.8 Å². The summed E-state index contributed by atoms with van der Waals surface area (Å²) < 4.78 is 14.6. The average Bonchev–Trinajstić information content (AvgIpc) is 2.72. The molecule has 3 aromatic rings. The number of halogens is 2. The molecule has 0 aliphatic carbocycles. The van der Waals surface area contributed by atoms with E-state index in [-0.39, 0.29) is 17.4 Å². The van der Waals surface area contributed by atoms with Crippen molar-refractivity contribution >= 4 is 28.4 Å². The zero-order valence-corrected chi connectivity index (χ0v) is 16.7. The van der Waals surface area contributed by atoms with Gasteiger partial charge in [0.15, 0.2) is 5.69 Å². The standard InChI is InChI=1S/C21H20ClFN4O2/c1-25-18-7-4-15(22)12-17(18)20(28)19(24-25)21(29)27-10-8-26(9-11-27)13-14-2-5-16(23)6-3-14/h2-7,12H,8-11,13H2,1H3. The molecule has 2 heterocycles. The summed E-state index contributed by atoms with van der Waals surface area (Å²) in [4.78, 5) is 29.6. The first-order valence-electron chi connectivity index (χ1n) is 9.35. The SMILES string of the molecule is Cn1nc(C(=O)N2CCN(Cc3ccc(F)cc3)CC2)c(=O)c2cc(Cl)ccc21. The fourth-order valence-corrected chi connectivity index (χ4v) is 3.77. The average molecular weight is 415 g/mol. The minimum Gasteiger partial charge on any atom is -0.335 e. The van der Waals surface area contributed by atoms with Crippen LogP contribution >= 0.6 is 11.6 Å². The summed E-state index contributed by atoms with van der Waals surface area (Å²) >= 11 is 6.02. The monoisotopic (exact) mass is 414 g/mol. The zero-order valence-electron chi connectivity index (χ0n) is 15.9. The normalized spacial score (nSPS) is 15.1. The van der Waals surface area contributed by atoms with Crippen molar-refractivity contribution in [3.63, 3.8) is 0 Å². The molecular weight excluding hydrogens is 395 g/mol. The lowest BCUT2D eigenvalue weighted by atomic mass is 10.1. The molecule has 0 saturated carbocycles. The maximum Gasteiger partial charge on any atom is 0.278 e. The van der Waals surface area contributed by atoms with Gasteiger partial charge >= 0.3 is 0 Å². The Morgan fingerprint density at radius 2 is 1.79 bits per heavy atom. The Morgan fingerprint density at radius 1 is 1.10 bits per heavy atom. The van der Waals surface area contributed by atoms with E-state index >= 15 is 0 Å². The summed E-state index contributed by atoms with van der Waals surface area (Å²) in [7, 11) is 1.70. The minimum atomic E-state index is -0.403. The Kier molecular flexibility index (Phi) is 5.34. The topological polar surface area (TPSA) is 58.4 Å². The molecule has 1 aliphatic heterocycles. The molecule has 0 atom stereocenters. The van der Waals surface area contributed by atoms with Crippen molar-refractivity contribution in [3.8, 4) is 0 Å². The molecule has 0 N–H and O–H groups in total. The minimum absolute atomic E-state index is 0.0887. The maximum atomic E-state index is 13.0. The highest BCUT2D eigenvalue weighted by atomic mass is 35.5. The van der Waals surface area contributed by atoms with Gasteiger partial charge in [-0.25, -0.2) is 4.39 Å². The van der Waals surface area contributed by atoms with Gasteiger partial charge in [-0.1, -0.05) is 23.7 Å². The number of carbonyl (C=O) groups excluding carboxylic acids is 1. The van der Waals surface area contributed by atoms with Crippen LogP contribution in [0.15, 0.2) is 47.3 Å². The molecule has 150 valence electrons. The number of aromatic nitrogens is 2. The van der Waals surface area contributed by atoms with E-state index in [9.17, 15) is 14.0 Å². The maximum absolute atomic E-state index is 13.0. The molecule has 4 rings (SSSR count). The number of nitrogens with zero attached hydrogens (tertiary/aromatic N) is 4. The molecule has 1 aromatic heterocycles. The van der Waals surface area contributed by atoms with E-state index in [1.807, 2.05) is 0 Å². The summed E-state index contributed by atoms with van der Waals surface area (Å²) in [6.45, 7) is 3.03. The molecule has 0 unspecified atom stereocenters. The van der Waals surface area contributed by atoms with Crippen molar-refractivity contribution in [2.45, 2.75) is 6.54 Å². The van der Waals surface area contributed by atoms with E-state index < -0.39 is 5.43 Å². The number of benzene rings is 2. The van der Waals surface area contributed by atoms with Crippen LogP contribution in [0.1, 0.15) is 16.1 Å². The van der Waals surface area contributed by atoms with E-state index in [0.717, 1.165) is 5.56 Å². The zero-order chi connectivity index (χ0) is 20.5. The first kappa shape index (κ1) is 19.5. The van der Waals surface area contributed by atoms with Crippen molar-refractivity contribution in [2.75, 3.05) is 26.2 Å². The first-order chi connectivity index (χ1) is 13.9. The molecule has 1 aliphatic rings. The van der Waals surface area contributed by atoms with E-state index in [0.29, 0.717) is 48.6 Å². The Hall–Kier alpha value is -2.77. The van der Waals surface area contributed by atoms with Crippen molar-refractivity contribution < 1.29 is 9.18 Å². The quantitative estimate of drug-likeness (QED) is 0.661. The highest BCUT2D eigenvalue weighted by Gasteiger charge is 2.26. The number of piperazine rings is 1. The first-order valence-corrected chi connectivity index (χ1v) is 9.73. The van der Waals surface area contributed by atoms with Gasteiger partial charge in [-0.3, -0.25) is 19.2 Å². The fraction of sp³-hybridized carbons (Fsp3) is 0.286. The molecule has 8 heteroatoms. The molecule has 0 spiro atoms. The summed E-state index contributed by atoms with van der Waals surface area (Å²) in [5.74, 6) is -0.621. The Labute approximate surface area is 172 Å². The van der Waals surface area contributed by atoms with Gasteiger partial charge in [0.1, 0.15) is 5.82 Å². The number of amides is 1. The lowest BCUT2D eigenvalue weighted by Gasteiger charge is -2.34. The van der Waals surface area contributed by atoms with Crippen LogP contribution in [-0.2, 0) is 13.6 Å². The molecule has 6 nitrogen and oxygen atoms in total. The van der Waals surface area contributed by atoms with Gasteiger partial charge in [0.05, 0.1) is 10.9 Å². The molecule has 0 bridgehead atoms. The van der Waals surface area contributed by atoms with E-state index in [1.54, 1.807) is 42.3 Å². The summed E-state index contributed by atoms with van der Waals surface area (Å²) in [6, 6.07) is 11.4. The highest BCUT2D eigenvalue weighted by Crippen LogP contribution is 2.17. The van der Waals surface area contributed by atoms with Crippen LogP contribution in [0.25, 0.3) is 10.9 Å². The van der Waals surface area contributed by atoms with Gasteiger partial charge in [-0.15, -0.1) is 0 Å². The van der Waals surface area contributed by atoms with E-state index in [4.69, 9.17) is 11.6 Å². The Bertz CT molecular complexity index is 1120. The lowest BCUT2D eigenvalue weighted by Crippen LogP contribution is -2.49. The molecular formula is C21H20ClFN4O2. The van der Waals surface area contributed by atoms with Crippen molar-refractivity contribution in [2.24, 2.45) is 7.05 Å². The Morgan fingerprint density at radius 3 is 2.48 bits per heavy atom. The van der Waals surface area contributed by atoms with Gasteiger partial charge in [0, 0.05) is 44.8 Å². The second-order valence-corrected chi connectivity index (χ2v) is 7.59. The number of hydrogen-bond donors (Lipinski definition) is 0. The smallest absolute Gasteiger partial charge is 0.278 e. The van der Waals surface area contributed by atoms with Crippen LogP contribution in [0.3, 0.4) is 0 Å². The predicted octanol–water partition coefficient (Wildman–Crippen LogP) is 2.68. The van der Waals surface area contributed by atoms with Gasteiger partial charge in [-0.2, -0.15) is 5.10 Å². The second-order valence-electron chi connectivity index (χ2n) is 7.16. The van der Waals surface area contributed by atoms with Gasteiger partial charge in [0.25, 0.3) is 5.91 Å². The summed E-state index contributed by atoms with van der Waals surface area (Å²) in [5.41, 5.74) is 1.15. The molecule has 29 heavy (non-hydrogen) atoms. The van der Waals surface area contributed by atoms with Crippen LogP contribution in [0, 0.1) is 5.82 Å². The van der Waals surface area contributed by atoms with Crippen LogP contribution in [0.4, 0.5) is 4.39 Å². The number of aryl methyl sites for hydroxylation is 1. The van der Waals surface area contributed by atoms with Gasteiger partial charge in [-0.05, 0) is 35.9 Å². The van der Waals surface area contributed by atoms with Crippen LogP contribution in [-0.4, -0.2) is 51.7 Å². The van der Waals surface area contributed by atoms with Crippen LogP contribution < -0.4 is 5.43 Å². The van der Waals surface area contributed by atoms with Gasteiger partial charge in [0.2, 0.25) is 5.43 Å². The molecule has 1 fully saturated rings. The second kappa shape index (κ2) is 7.93. The van der Waals surface area contributed by atoms with Crippen molar-refractivity contribution in [1.82, 2.24) is 19.6 Å². The number of carbonyl (C=O) groups is 1. The number of rotatable bonds is 3. The van der Waals surface area contributed by atoms with Crippen LogP contribution in [0.2, 0.25) is 5.02 Å². The third-order valence-corrected chi connectivity index (χ3v) is 5.43. The van der Waals surface area contributed by atoms with Crippen LogP contribution in [0.5, 0.6) is 0 Å². The van der Waals surface area contributed by atoms with Crippen molar-refractivity contribution in [1.29, 1.82) is 0 Å². The number of hydrogen-bond acceptors (Lipinski definition) is 4. The van der Waals surface area contributed by atoms with Crippen molar-refractivity contribution in [3.05, 3.63) is 74.8 Å². The molecule has 1 saturated heterocycles. The predicted molar refractivity (Wildman–Crippen MR) is 110 cm³/mol. The molecule has 1 amide bonds. The fourth-order valence-electron chi connectivity index (χ4n) is 3.60. The summed E-state index contributed by atoms with van der Waals surface area (Å²) in [6.07, 6.45) is 0. The largest absolute Gasteiger partial charge is 0.335 e. The molecule has 2 aromatic carbocycles. The lowest BCUT2D eigenvalue weighted by molar-refractivity contribution is 0.0619. The third-order valence-electron chi connectivity index (χ3n) is 5.20. The highest BCUT2D eigenvalue weighted by molar-refractivity contribution is 6.31. The third kappa shape index (κ3) is 4.02. The molecule has 0 radical (unpaired) electrons. The van der Waals surface area contributed by atoms with E-state index in [2.05, 4.69) is 10.00 Å². The summed E-state index contributed by atoms with van der Waals surface area (Å²) in [5, 5.41) is 5.04. The Balaban J connectivity index is 1.49. The number of fused-ring (bicyclic) bond motifs is 1.